The van der Waals surface area contributed by atoms with E-state index in [4.69, 9.17) is 9.94 Å². The maximum absolute atomic E-state index is 12.6. The number of hydroxylamine groups is 1. The lowest BCUT2D eigenvalue weighted by molar-refractivity contribution is -0.129. The molecule has 1 aromatic heterocycles. The van der Waals surface area contributed by atoms with Crippen LogP contribution in [0.3, 0.4) is 0 Å². The van der Waals surface area contributed by atoms with Crippen LogP contribution in [0, 0.1) is 0 Å². The molecule has 0 saturated heterocycles. The molecule has 0 aliphatic carbocycles. The fraction of sp³-hybridized carbons (Fsp3) is 0.421. The van der Waals surface area contributed by atoms with Gasteiger partial charge < -0.3 is 9.30 Å². The van der Waals surface area contributed by atoms with Gasteiger partial charge in [0.15, 0.2) is 0 Å². The number of nitrogens with one attached hydrogen (secondary N) is 3. The van der Waals surface area contributed by atoms with Gasteiger partial charge in [0.05, 0.1) is 12.0 Å². The maximum Gasteiger partial charge on any atom is 0.328 e. The fourth-order valence-electron chi connectivity index (χ4n) is 2.98. The number of carbonyl (C=O) groups excluding carboxylic acids is 1. The molecule has 1 aromatic carbocycles. The van der Waals surface area contributed by atoms with E-state index in [1.165, 1.54) is 53.7 Å². The van der Waals surface area contributed by atoms with Gasteiger partial charge in [-0.15, -0.1) is 0 Å². The number of nitrogens with zero attached hydrogens (tertiary/aromatic N) is 1. The SMILES string of the molecule is COc1ccc(S(=O)(=O)NC(CCCCCn2ccc(=O)[nH]c2=O)CC(=O)NO)cc1. The zero-order chi connectivity index (χ0) is 22.9. The van der Waals surface area contributed by atoms with Crippen LogP contribution in [0.25, 0.3) is 0 Å². The van der Waals surface area contributed by atoms with E-state index < -0.39 is 33.2 Å². The standard InChI is InChI=1S/C19H26N4O7S/c1-30-15-6-8-16(9-7-15)31(28,29)22-14(13-18(25)21-27)5-3-2-4-11-23-12-10-17(24)20-19(23)26/h6-10,12,14,22,27H,2-5,11,13H2,1H3,(H,21,25)(H,20,24,26). The van der Waals surface area contributed by atoms with Crippen molar-refractivity contribution < 1.29 is 23.2 Å². The second kappa shape index (κ2) is 11.4. The van der Waals surface area contributed by atoms with Gasteiger partial charge in [0.2, 0.25) is 15.9 Å². The van der Waals surface area contributed by atoms with Crippen molar-refractivity contribution in [2.75, 3.05) is 7.11 Å². The Kier molecular flexibility index (Phi) is 8.97. The lowest BCUT2D eigenvalue weighted by Gasteiger charge is -2.18. The highest BCUT2D eigenvalue weighted by Crippen LogP contribution is 2.17. The van der Waals surface area contributed by atoms with Crippen molar-refractivity contribution in [3.05, 3.63) is 57.4 Å². The Hall–Kier alpha value is -2.96. The highest BCUT2D eigenvalue weighted by Gasteiger charge is 2.22. The number of ether oxygens (including phenoxy) is 1. The molecular formula is C19H26N4O7S. The third-order valence-corrected chi connectivity index (χ3v) is 6.13. The molecule has 1 heterocycles. The van der Waals surface area contributed by atoms with Crippen molar-refractivity contribution in [2.24, 2.45) is 0 Å². The molecule has 0 aliphatic rings. The minimum absolute atomic E-state index is 0.0279. The van der Waals surface area contributed by atoms with Gasteiger partial charge in [-0.25, -0.2) is 23.4 Å². The number of carbonyl (C=O) groups is 1. The van der Waals surface area contributed by atoms with Gasteiger partial charge in [0.25, 0.3) is 5.56 Å². The molecule has 0 saturated carbocycles. The van der Waals surface area contributed by atoms with Crippen molar-refractivity contribution in [2.45, 2.75) is 49.6 Å². The third-order valence-electron chi connectivity index (χ3n) is 4.60. The Balaban J connectivity index is 1.93. The first-order valence-electron chi connectivity index (χ1n) is 9.64. The van der Waals surface area contributed by atoms with Gasteiger partial charge >= 0.3 is 5.69 Å². The van der Waals surface area contributed by atoms with Crippen LogP contribution in [0.5, 0.6) is 5.75 Å². The van der Waals surface area contributed by atoms with E-state index in [-0.39, 0.29) is 11.3 Å². The monoisotopic (exact) mass is 454 g/mol. The molecule has 0 bridgehead atoms. The second-order valence-electron chi connectivity index (χ2n) is 6.89. The summed E-state index contributed by atoms with van der Waals surface area (Å²) in [5.74, 6) is -0.195. The number of rotatable bonds is 12. The molecule has 1 amide bonds. The van der Waals surface area contributed by atoms with Crippen LogP contribution in [0.2, 0.25) is 0 Å². The van der Waals surface area contributed by atoms with Crippen molar-refractivity contribution >= 4 is 15.9 Å². The normalized spacial score (nSPS) is 12.3. The molecule has 2 rings (SSSR count). The van der Waals surface area contributed by atoms with Crippen LogP contribution >= 0.6 is 0 Å². The molecule has 12 heteroatoms. The van der Waals surface area contributed by atoms with Crippen molar-refractivity contribution in [3.8, 4) is 5.75 Å². The lowest BCUT2D eigenvalue weighted by Crippen LogP contribution is -2.38. The van der Waals surface area contributed by atoms with E-state index in [2.05, 4.69) is 9.71 Å². The van der Waals surface area contributed by atoms with Crippen LogP contribution in [0.4, 0.5) is 0 Å². The first kappa shape index (κ1) is 24.3. The van der Waals surface area contributed by atoms with E-state index in [9.17, 15) is 22.8 Å². The predicted molar refractivity (Wildman–Crippen MR) is 111 cm³/mol. The van der Waals surface area contributed by atoms with Gasteiger partial charge in [-0.05, 0) is 37.1 Å². The number of benzene rings is 1. The minimum atomic E-state index is -3.88. The first-order chi connectivity index (χ1) is 14.7. The molecule has 2 aromatic rings. The van der Waals surface area contributed by atoms with E-state index in [0.29, 0.717) is 38.0 Å². The Morgan fingerprint density at radius 2 is 1.87 bits per heavy atom. The van der Waals surface area contributed by atoms with Gasteiger partial charge in [-0.1, -0.05) is 12.8 Å². The lowest BCUT2D eigenvalue weighted by atomic mass is 10.1. The molecule has 11 nitrogen and oxygen atoms in total. The Labute approximate surface area is 179 Å². The molecule has 1 atom stereocenters. The highest BCUT2D eigenvalue weighted by atomic mass is 32.2. The summed E-state index contributed by atoms with van der Waals surface area (Å²) in [6, 6.07) is 6.36. The minimum Gasteiger partial charge on any atom is -0.497 e. The van der Waals surface area contributed by atoms with Crippen LogP contribution in [-0.4, -0.2) is 42.2 Å². The molecule has 0 spiro atoms. The summed E-state index contributed by atoms with van der Waals surface area (Å²) in [6.45, 7) is 0.398. The van der Waals surface area contributed by atoms with Gasteiger partial charge in [-0.3, -0.25) is 19.8 Å². The molecule has 0 aliphatic heterocycles. The Morgan fingerprint density at radius 3 is 2.48 bits per heavy atom. The highest BCUT2D eigenvalue weighted by molar-refractivity contribution is 7.89. The Bertz CT molecular complexity index is 1080. The summed E-state index contributed by atoms with van der Waals surface area (Å²) in [4.78, 5) is 36.5. The van der Waals surface area contributed by atoms with E-state index >= 15 is 0 Å². The second-order valence-corrected chi connectivity index (χ2v) is 8.60. The smallest absolute Gasteiger partial charge is 0.328 e. The van der Waals surface area contributed by atoms with Crippen LogP contribution in [0.1, 0.15) is 32.1 Å². The van der Waals surface area contributed by atoms with Gasteiger partial charge in [-0.2, -0.15) is 0 Å². The average Bonchev–Trinajstić information content (AvgIpc) is 2.74. The molecule has 4 N–H and O–H groups in total. The number of methoxy groups -OCH3 is 1. The van der Waals surface area contributed by atoms with E-state index in [0.717, 1.165) is 0 Å². The molecular weight excluding hydrogens is 428 g/mol. The van der Waals surface area contributed by atoms with E-state index in [1.807, 2.05) is 0 Å². The summed E-state index contributed by atoms with van der Waals surface area (Å²) < 4.78 is 34.2. The number of hydrogen-bond donors (Lipinski definition) is 4. The summed E-state index contributed by atoms with van der Waals surface area (Å²) in [7, 11) is -2.41. The van der Waals surface area contributed by atoms with Crippen LogP contribution in [0.15, 0.2) is 51.0 Å². The first-order valence-corrected chi connectivity index (χ1v) is 11.1. The number of H-pyrrole nitrogens is 1. The molecule has 31 heavy (non-hydrogen) atoms. The number of amides is 1. The third kappa shape index (κ3) is 7.66. The summed E-state index contributed by atoms with van der Waals surface area (Å²) >= 11 is 0. The van der Waals surface area contributed by atoms with Crippen LogP contribution in [-0.2, 0) is 21.4 Å². The fourth-order valence-corrected chi connectivity index (χ4v) is 4.25. The summed E-state index contributed by atoms with van der Waals surface area (Å²) in [5.41, 5.74) is 0.561. The van der Waals surface area contributed by atoms with Crippen LogP contribution < -0.4 is 26.2 Å². The quantitative estimate of drug-likeness (QED) is 0.204. The predicted octanol–water partition coefficient (Wildman–Crippen LogP) is 0.348. The van der Waals surface area contributed by atoms with Gasteiger partial charge in [0.1, 0.15) is 5.75 Å². The van der Waals surface area contributed by atoms with Crippen molar-refractivity contribution in [1.29, 1.82) is 0 Å². The maximum atomic E-state index is 12.6. The average molecular weight is 455 g/mol. The van der Waals surface area contributed by atoms with E-state index in [1.54, 1.807) is 0 Å². The zero-order valence-corrected chi connectivity index (χ0v) is 17.9. The molecule has 1 unspecified atom stereocenters. The number of aromatic amines is 1. The molecule has 170 valence electrons. The number of aryl methyl sites for hydroxylation is 1. The molecule has 0 radical (unpaired) electrons. The summed E-state index contributed by atoms with van der Waals surface area (Å²) in [6.07, 6.45) is 3.39. The largest absolute Gasteiger partial charge is 0.497 e. The zero-order valence-electron chi connectivity index (χ0n) is 17.0. The number of unbranched alkanes of at least 4 members (excludes halogenated alkanes) is 2. The van der Waals surface area contributed by atoms with Gasteiger partial charge in [0, 0.05) is 31.3 Å². The van der Waals surface area contributed by atoms with Crippen molar-refractivity contribution in [1.82, 2.24) is 19.8 Å². The summed E-state index contributed by atoms with van der Waals surface area (Å²) in [5, 5.41) is 8.79. The number of sulfonamides is 1. The number of aromatic nitrogens is 2. The van der Waals surface area contributed by atoms with Crippen molar-refractivity contribution in [3.63, 3.8) is 0 Å². The topological polar surface area (TPSA) is 160 Å². The Morgan fingerprint density at radius 1 is 1.16 bits per heavy atom. The molecule has 0 fully saturated rings. The number of hydrogen-bond acceptors (Lipinski definition) is 7.